The maximum atomic E-state index is 12.5. The summed E-state index contributed by atoms with van der Waals surface area (Å²) >= 11 is 0. The van der Waals surface area contributed by atoms with Gasteiger partial charge in [-0.05, 0) is 30.5 Å². The molecule has 0 spiro atoms. The number of benzene rings is 2. The molecule has 2 aromatic rings. The molecule has 4 rings (SSSR count). The van der Waals surface area contributed by atoms with Crippen molar-refractivity contribution in [2.45, 2.75) is 44.0 Å². The van der Waals surface area contributed by atoms with Gasteiger partial charge in [-0.2, -0.15) is 0 Å². The van der Waals surface area contributed by atoms with Gasteiger partial charge in [0, 0.05) is 18.3 Å². The maximum absolute atomic E-state index is 12.5. The Kier molecular flexibility index (Phi) is 6.29. The molecular weight excluding hydrogens is 380 g/mol. The average molecular weight is 406 g/mol. The van der Waals surface area contributed by atoms with Crippen LogP contribution >= 0.6 is 0 Å². The van der Waals surface area contributed by atoms with Crippen LogP contribution in [0.25, 0.3) is 0 Å². The predicted molar refractivity (Wildman–Crippen MR) is 112 cm³/mol. The van der Waals surface area contributed by atoms with E-state index in [2.05, 4.69) is 0 Å². The van der Waals surface area contributed by atoms with Gasteiger partial charge in [-0.3, -0.25) is 4.79 Å². The molecule has 0 radical (unpaired) electrons. The Hall–Kier alpha value is -2.92. The first-order valence-corrected chi connectivity index (χ1v) is 10.5. The lowest BCUT2D eigenvalue weighted by atomic mass is 9.91. The Morgan fingerprint density at radius 1 is 1.13 bits per heavy atom. The molecule has 2 aromatic carbocycles. The predicted octanol–water partition coefficient (Wildman–Crippen LogP) is 3.71. The van der Waals surface area contributed by atoms with Gasteiger partial charge in [0.1, 0.15) is 12.2 Å². The van der Waals surface area contributed by atoms with Crippen LogP contribution in [0.15, 0.2) is 72.8 Å². The van der Waals surface area contributed by atoms with E-state index < -0.39 is 6.10 Å². The summed E-state index contributed by atoms with van der Waals surface area (Å²) in [5.74, 6) is -0.764. The smallest absolute Gasteiger partial charge is 0.338 e. The van der Waals surface area contributed by atoms with Crippen molar-refractivity contribution in [3.8, 4) is 0 Å². The van der Waals surface area contributed by atoms with Crippen molar-refractivity contribution in [3.05, 3.63) is 83.9 Å². The molecule has 156 valence electrons. The highest BCUT2D eigenvalue weighted by Crippen LogP contribution is 2.43. The molecule has 1 saturated carbocycles. The first-order valence-electron chi connectivity index (χ1n) is 10.5. The highest BCUT2D eigenvalue weighted by Gasteiger charge is 2.50. The summed E-state index contributed by atoms with van der Waals surface area (Å²) in [5, 5.41) is 10.4. The zero-order valence-corrected chi connectivity index (χ0v) is 16.7. The number of aliphatic hydroxyl groups excluding tert-OH is 1. The van der Waals surface area contributed by atoms with E-state index in [9.17, 15) is 14.7 Å². The minimum atomic E-state index is -0.604. The minimum absolute atomic E-state index is 0.0244. The van der Waals surface area contributed by atoms with Gasteiger partial charge in [-0.1, -0.05) is 60.7 Å². The lowest BCUT2D eigenvalue weighted by Gasteiger charge is -2.20. The van der Waals surface area contributed by atoms with Crippen molar-refractivity contribution in [2.24, 2.45) is 11.8 Å². The molecule has 0 amide bonds. The zero-order valence-electron chi connectivity index (χ0n) is 16.7. The van der Waals surface area contributed by atoms with Crippen molar-refractivity contribution in [3.63, 3.8) is 0 Å². The van der Waals surface area contributed by atoms with E-state index in [-0.39, 0.29) is 36.0 Å². The van der Waals surface area contributed by atoms with E-state index in [0.29, 0.717) is 24.8 Å². The second-order valence-electron chi connectivity index (χ2n) is 8.00. The third-order valence-corrected chi connectivity index (χ3v) is 5.95. The Morgan fingerprint density at radius 3 is 2.57 bits per heavy atom. The largest absolute Gasteiger partial charge is 0.462 e. The fourth-order valence-electron chi connectivity index (χ4n) is 4.38. The first-order chi connectivity index (χ1) is 14.6. The molecule has 3 unspecified atom stereocenters. The topological polar surface area (TPSA) is 72.8 Å². The van der Waals surface area contributed by atoms with Gasteiger partial charge in [-0.25, -0.2) is 4.79 Å². The van der Waals surface area contributed by atoms with Crippen molar-refractivity contribution >= 4 is 11.9 Å². The molecule has 1 aliphatic heterocycles. The second kappa shape index (κ2) is 9.26. The Labute approximate surface area is 176 Å². The highest BCUT2D eigenvalue weighted by atomic mass is 16.6. The van der Waals surface area contributed by atoms with Gasteiger partial charge in [-0.15, -0.1) is 0 Å². The lowest BCUT2D eigenvalue weighted by molar-refractivity contribution is -0.141. The fraction of sp³-hybridized carbons (Fsp3) is 0.360. The van der Waals surface area contributed by atoms with Gasteiger partial charge >= 0.3 is 11.9 Å². The lowest BCUT2D eigenvalue weighted by Crippen LogP contribution is -2.25. The molecule has 0 bridgehead atoms. The molecule has 1 N–H and O–H groups in total. The zero-order chi connectivity index (χ0) is 20.9. The van der Waals surface area contributed by atoms with E-state index in [1.807, 2.05) is 42.5 Å². The third-order valence-electron chi connectivity index (χ3n) is 5.95. The number of fused-ring (bicyclic) bond motifs is 1. The van der Waals surface area contributed by atoms with Crippen LogP contribution in [0.4, 0.5) is 0 Å². The highest BCUT2D eigenvalue weighted by molar-refractivity contribution is 5.89. The van der Waals surface area contributed by atoms with Crippen LogP contribution in [-0.4, -0.2) is 35.4 Å². The standard InChI is InChI=1S/C25H26O5/c26-19(12-11-17-7-3-1-4-8-17)13-14-20-21-15-24(27)29-23(21)16-22(20)30-25(28)18-9-5-2-6-10-18/h1-10,13-14,19-23,26H,11-12,15-16H2/t19?,20?,21?,22-,23+/m1/s1. The summed E-state index contributed by atoms with van der Waals surface area (Å²) < 4.78 is 11.2. The average Bonchev–Trinajstić information content (AvgIpc) is 3.27. The second-order valence-corrected chi connectivity index (χ2v) is 8.00. The van der Waals surface area contributed by atoms with Crippen LogP contribution in [0, 0.1) is 11.8 Å². The van der Waals surface area contributed by atoms with Gasteiger partial charge in [0.15, 0.2) is 0 Å². The number of aliphatic hydroxyl groups is 1. The van der Waals surface area contributed by atoms with Crippen molar-refractivity contribution in [1.29, 1.82) is 0 Å². The molecule has 1 aliphatic carbocycles. The van der Waals surface area contributed by atoms with Crippen molar-refractivity contribution in [2.75, 3.05) is 0 Å². The number of hydrogen-bond acceptors (Lipinski definition) is 5. The molecule has 0 aromatic heterocycles. The summed E-state index contributed by atoms with van der Waals surface area (Å²) in [6.45, 7) is 0. The van der Waals surface area contributed by atoms with E-state index >= 15 is 0 Å². The number of carbonyl (C=O) groups excluding carboxylic acids is 2. The summed E-state index contributed by atoms with van der Waals surface area (Å²) in [4.78, 5) is 24.3. The van der Waals surface area contributed by atoms with Gasteiger partial charge < -0.3 is 14.6 Å². The fourth-order valence-corrected chi connectivity index (χ4v) is 4.38. The molecule has 5 atom stereocenters. The van der Waals surface area contributed by atoms with E-state index in [1.165, 1.54) is 5.56 Å². The SMILES string of the molecule is O=C1CC2C(C=CC(O)CCc3ccccc3)[C@H](OC(=O)c3ccccc3)C[C@@H]2O1. The summed E-state index contributed by atoms with van der Waals surface area (Å²) in [5.41, 5.74) is 1.67. The molecule has 5 heteroatoms. The van der Waals surface area contributed by atoms with E-state index in [0.717, 1.165) is 6.42 Å². The third kappa shape index (κ3) is 4.79. The van der Waals surface area contributed by atoms with Crippen LogP contribution in [-0.2, 0) is 20.7 Å². The number of esters is 2. The van der Waals surface area contributed by atoms with Crippen LogP contribution in [0.2, 0.25) is 0 Å². The van der Waals surface area contributed by atoms with Crippen LogP contribution < -0.4 is 0 Å². The van der Waals surface area contributed by atoms with Gasteiger partial charge in [0.25, 0.3) is 0 Å². The summed E-state index contributed by atoms with van der Waals surface area (Å²) in [6.07, 6.45) is 4.65. The molecule has 30 heavy (non-hydrogen) atoms. The minimum Gasteiger partial charge on any atom is -0.462 e. The number of hydrogen-bond donors (Lipinski definition) is 1. The number of carbonyl (C=O) groups is 2. The molecule has 2 fully saturated rings. The number of aryl methyl sites for hydroxylation is 1. The van der Waals surface area contributed by atoms with E-state index in [4.69, 9.17) is 9.47 Å². The molecule has 2 aliphatic rings. The quantitative estimate of drug-likeness (QED) is 0.561. The molecular formula is C25H26O5. The van der Waals surface area contributed by atoms with E-state index in [1.54, 1.807) is 30.3 Å². The van der Waals surface area contributed by atoms with Crippen LogP contribution in [0.5, 0.6) is 0 Å². The maximum Gasteiger partial charge on any atom is 0.338 e. The van der Waals surface area contributed by atoms with Crippen LogP contribution in [0.1, 0.15) is 35.2 Å². The molecule has 1 heterocycles. The summed E-state index contributed by atoms with van der Waals surface area (Å²) in [7, 11) is 0. The summed E-state index contributed by atoms with van der Waals surface area (Å²) in [6, 6.07) is 18.9. The normalized spacial score (nSPS) is 26.4. The van der Waals surface area contributed by atoms with Crippen molar-refractivity contribution in [1.82, 2.24) is 0 Å². The number of rotatable bonds is 7. The van der Waals surface area contributed by atoms with Gasteiger partial charge in [0.2, 0.25) is 0 Å². The Balaban J connectivity index is 1.41. The Morgan fingerprint density at radius 2 is 1.83 bits per heavy atom. The van der Waals surface area contributed by atoms with Crippen molar-refractivity contribution < 1.29 is 24.2 Å². The monoisotopic (exact) mass is 406 g/mol. The van der Waals surface area contributed by atoms with Crippen LogP contribution in [0.3, 0.4) is 0 Å². The number of ether oxygens (including phenoxy) is 2. The molecule has 5 nitrogen and oxygen atoms in total. The Bertz CT molecular complexity index is 892. The molecule has 1 saturated heterocycles. The van der Waals surface area contributed by atoms with Gasteiger partial charge in [0.05, 0.1) is 18.1 Å². The first kappa shape index (κ1) is 20.4.